The number of carboxylic acid groups (broad SMARTS) is 1. The lowest BCUT2D eigenvalue weighted by Gasteiger charge is -2.10. The first-order chi connectivity index (χ1) is 10.7. The summed E-state index contributed by atoms with van der Waals surface area (Å²) >= 11 is 6.50. The largest absolute Gasteiger partial charge is 0.478 e. The number of hydrogen-bond acceptors (Lipinski definition) is 4. The molecule has 0 aliphatic rings. The second-order valence-corrected chi connectivity index (χ2v) is 5.59. The predicted molar refractivity (Wildman–Crippen MR) is 78.9 cm³/mol. The van der Waals surface area contributed by atoms with Crippen LogP contribution in [0.4, 0.5) is 13.2 Å². The molecule has 0 fully saturated rings. The molecule has 1 heterocycles. The van der Waals surface area contributed by atoms with E-state index in [0.717, 1.165) is 12.0 Å². The molecule has 2 aromatic rings. The molecule has 0 saturated heterocycles. The van der Waals surface area contributed by atoms with E-state index in [1.165, 1.54) is 12.1 Å². The Kier molecular flexibility index (Phi) is 5.06. The summed E-state index contributed by atoms with van der Waals surface area (Å²) in [6.07, 6.45) is -3.93. The topological polar surface area (TPSA) is 59.4 Å². The summed E-state index contributed by atoms with van der Waals surface area (Å²) in [5.74, 6) is -1.28. The molecule has 0 spiro atoms. The number of aromatic nitrogens is 1. The molecule has 2 rings (SSSR count). The Morgan fingerprint density at radius 1 is 1.39 bits per heavy atom. The number of aromatic carboxylic acids is 1. The van der Waals surface area contributed by atoms with Crippen molar-refractivity contribution in [2.24, 2.45) is 0 Å². The van der Waals surface area contributed by atoms with E-state index >= 15 is 0 Å². The standard InChI is InChI=1S/C14H9ClF3NO3S/c1-7-9(13(20)21)3-2-4-11(7)23-22-12-10(15)5-8(6-19-12)14(16,17)18/h2-6H,1H3,(H,20,21). The first-order valence-corrected chi connectivity index (χ1v) is 7.22. The molecule has 4 nitrogen and oxygen atoms in total. The fourth-order valence-corrected chi connectivity index (χ4v) is 2.58. The Balaban J connectivity index is 2.19. The maximum absolute atomic E-state index is 12.5. The van der Waals surface area contributed by atoms with Crippen LogP contribution in [0.25, 0.3) is 0 Å². The maximum Gasteiger partial charge on any atom is 0.417 e. The van der Waals surface area contributed by atoms with Crippen molar-refractivity contribution in [2.45, 2.75) is 18.0 Å². The molecule has 0 saturated carbocycles. The van der Waals surface area contributed by atoms with Gasteiger partial charge in [-0.15, -0.1) is 0 Å². The zero-order valence-electron chi connectivity index (χ0n) is 11.5. The number of alkyl halides is 3. The third kappa shape index (κ3) is 4.08. The van der Waals surface area contributed by atoms with Gasteiger partial charge < -0.3 is 9.29 Å². The summed E-state index contributed by atoms with van der Waals surface area (Å²) in [7, 11) is 0. The van der Waals surface area contributed by atoms with E-state index in [0.29, 0.717) is 22.7 Å². The molecular weight excluding hydrogens is 355 g/mol. The van der Waals surface area contributed by atoms with E-state index in [4.69, 9.17) is 20.9 Å². The smallest absolute Gasteiger partial charge is 0.417 e. The van der Waals surface area contributed by atoms with Crippen LogP contribution in [0.1, 0.15) is 21.5 Å². The monoisotopic (exact) mass is 363 g/mol. The average molecular weight is 364 g/mol. The Morgan fingerprint density at radius 2 is 2.09 bits per heavy atom. The highest BCUT2D eigenvalue weighted by atomic mass is 35.5. The van der Waals surface area contributed by atoms with Crippen molar-refractivity contribution < 1.29 is 27.3 Å². The van der Waals surface area contributed by atoms with E-state index in [9.17, 15) is 18.0 Å². The van der Waals surface area contributed by atoms with Crippen LogP contribution < -0.4 is 4.18 Å². The predicted octanol–water partition coefficient (Wildman–Crippen LogP) is 4.85. The second-order valence-electron chi connectivity index (χ2n) is 4.41. The van der Waals surface area contributed by atoms with Crippen LogP contribution in [-0.4, -0.2) is 16.1 Å². The van der Waals surface area contributed by atoms with Crippen LogP contribution in [0, 0.1) is 6.92 Å². The van der Waals surface area contributed by atoms with E-state index in [1.807, 2.05) is 0 Å². The van der Waals surface area contributed by atoms with Gasteiger partial charge in [0.25, 0.3) is 0 Å². The lowest BCUT2D eigenvalue weighted by Crippen LogP contribution is -2.05. The van der Waals surface area contributed by atoms with Gasteiger partial charge in [0.05, 0.1) is 28.1 Å². The molecule has 1 N–H and O–H groups in total. The Hall–Kier alpha value is -1.93. The van der Waals surface area contributed by atoms with Gasteiger partial charge >= 0.3 is 12.1 Å². The minimum atomic E-state index is -4.55. The molecule has 9 heteroatoms. The summed E-state index contributed by atoms with van der Waals surface area (Å²) in [6.45, 7) is 1.59. The van der Waals surface area contributed by atoms with Gasteiger partial charge in [0.15, 0.2) is 0 Å². The van der Waals surface area contributed by atoms with Gasteiger partial charge in [-0.1, -0.05) is 17.7 Å². The zero-order chi connectivity index (χ0) is 17.2. The minimum absolute atomic E-state index is 0.102. The molecule has 0 aliphatic heterocycles. The molecular formula is C14H9ClF3NO3S. The molecule has 1 aromatic carbocycles. The van der Waals surface area contributed by atoms with E-state index < -0.39 is 17.7 Å². The molecule has 0 atom stereocenters. The van der Waals surface area contributed by atoms with Crippen molar-refractivity contribution in [2.75, 3.05) is 0 Å². The highest BCUT2D eigenvalue weighted by Crippen LogP contribution is 2.35. The molecule has 0 bridgehead atoms. The van der Waals surface area contributed by atoms with Gasteiger partial charge in [-0.3, -0.25) is 0 Å². The molecule has 1 aromatic heterocycles. The van der Waals surface area contributed by atoms with Crippen LogP contribution in [0.5, 0.6) is 5.88 Å². The second kappa shape index (κ2) is 6.67. The van der Waals surface area contributed by atoms with Crippen molar-refractivity contribution >= 4 is 29.6 Å². The van der Waals surface area contributed by atoms with Gasteiger partial charge in [0.2, 0.25) is 5.88 Å². The number of rotatable bonds is 4. The van der Waals surface area contributed by atoms with Crippen molar-refractivity contribution in [3.05, 3.63) is 52.2 Å². The van der Waals surface area contributed by atoms with Crippen molar-refractivity contribution in [3.8, 4) is 5.88 Å². The lowest BCUT2D eigenvalue weighted by molar-refractivity contribution is -0.137. The average Bonchev–Trinajstić information content (AvgIpc) is 2.46. The van der Waals surface area contributed by atoms with E-state index in [2.05, 4.69) is 4.98 Å². The Bertz CT molecular complexity index is 753. The Morgan fingerprint density at radius 3 is 2.65 bits per heavy atom. The third-order valence-corrected chi connectivity index (χ3v) is 3.99. The van der Waals surface area contributed by atoms with Crippen LogP contribution in [-0.2, 0) is 6.18 Å². The van der Waals surface area contributed by atoms with Crippen LogP contribution >= 0.6 is 23.6 Å². The lowest BCUT2D eigenvalue weighted by atomic mass is 10.1. The summed E-state index contributed by atoms with van der Waals surface area (Å²) in [5, 5.41) is 8.74. The molecule has 0 radical (unpaired) electrons. The van der Waals surface area contributed by atoms with Crippen LogP contribution in [0.15, 0.2) is 35.4 Å². The van der Waals surface area contributed by atoms with E-state index in [1.54, 1.807) is 13.0 Å². The van der Waals surface area contributed by atoms with Gasteiger partial charge in [0, 0.05) is 6.20 Å². The summed E-state index contributed by atoms with van der Waals surface area (Å²) in [4.78, 5) is 15.1. The quantitative estimate of drug-likeness (QED) is 0.787. The number of nitrogens with zero attached hydrogens (tertiary/aromatic N) is 1. The van der Waals surface area contributed by atoms with Gasteiger partial charge in [0.1, 0.15) is 5.02 Å². The van der Waals surface area contributed by atoms with Gasteiger partial charge in [-0.25, -0.2) is 9.78 Å². The SMILES string of the molecule is Cc1c(SOc2ncc(C(F)(F)F)cc2Cl)cccc1C(=O)O. The fraction of sp³-hybridized carbons (Fsp3) is 0.143. The summed E-state index contributed by atoms with van der Waals surface area (Å²) in [5.41, 5.74) is -0.415. The first-order valence-electron chi connectivity index (χ1n) is 6.10. The van der Waals surface area contributed by atoms with Gasteiger partial charge in [-0.05, 0) is 30.7 Å². The third-order valence-electron chi connectivity index (χ3n) is 2.86. The number of benzene rings is 1. The maximum atomic E-state index is 12.5. The highest BCUT2D eigenvalue weighted by molar-refractivity contribution is 7.95. The van der Waals surface area contributed by atoms with Crippen molar-refractivity contribution in [3.63, 3.8) is 0 Å². The zero-order valence-corrected chi connectivity index (χ0v) is 13.1. The van der Waals surface area contributed by atoms with Crippen molar-refractivity contribution in [1.29, 1.82) is 0 Å². The molecule has 23 heavy (non-hydrogen) atoms. The summed E-state index contributed by atoms with van der Waals surface area (Å²) < 4.78 is 42.8. The molecule has 0 amide bonds. The molecule has 0 aliphatic carbocycles. The number of hydrogen-bond donors (Lipinski definition) is 1. The van der Waals surface area contributed by atoms with Crippen LogP contribution in [0.3, 0.4) is 0 Å². The number of carbonyl (C=O) groups is 1. The molecule has 0 unspecified atom stereocenters. The van der Waals surface area contributed by atoms with Gasteiger partial charge in [-0.2, -0.15) is 13.2 Å². The van der Waals surface area contributed by atoms with E-state index in [-0.39, 0.29) is 16.5 Å². The number of halogens is 4. The first kappa shape index (κ1) is 17.4. The molecule has 122 valence electrons. The fourth-order valence-electron chi connectivity index (χ4n) is 1.66. The number of carboxylic acids is 1. The number of pyridine rings is 1. The highest BCUT2D eigenvalue weighted by Gasteiger charge is 2.31. The summed E-state index contributed by atoms with van der Waals surface area (Å²) in [6, 6.07) is 5.30. The Labute approximate surface area is 138 Å². The van der Waals surface area contributed by atoms with Crippen molar-refractivity contribution in [1.82, 2.24) is 4.98 Å². The normalized spacial score (nSPS) is 11.3. The van der Waals surface area contributed by atoms with Crippen LogP contribution in [0.2, 0.25) is 5.02 Å². The minimum Gasteiger partial charge on any atom is -0.478 e.